The Morgan fingerprint density at radius 2 is 1.60 bits per heavy atom. The molecule has 0 aliphatic rings. The van der Waals surface area contributed by atoms with Gasteiger partial charge in [-0.05, 0) is 54.1 Å². The molecule has 0 saturated carbocycles. The molecule has 7 heteroatoms. The highest BCUT2D eigenvalue weighted by atomic mass is 32.2. The van der Waals surface area contributed by atoms with E-state index in [1.54, 1.807) is 91.3 Å². The summed E-state index contributed by atoms with van der Waals surface area (Å²) in [6.45, 7) is 0. The van der Waals surface area contributed by atoms with Crippen LogP contribution in [0, 0.1) is 0 Å². The molecule has 0 atom stereocenters. The van der Waals surface area contributed by atoms with E-state index in [0.29, 0.717) is 16.9 Å². The number of rotatable bonds is 6. The largest absolute Gasteiger partial charge is 0.423 e. The van der Waals surface area contributed by atoms with Gasteiger partial charge in [-0.15, -0.1) is 0 Å². The lowest BCUT2D eigenvalue weighted by Gasteiger charge is -2.07. The number of nitrogens with zero attached hydrogens (tertiary/aromatic N) is 1. The van der Waals surface area contributed by atoms with Crippen LogP contribution in [-0.4, -0.2) is 24.4 Å². The van der Waals surface area contributed by atoms with Crippen molar-refractivity contribution >= 4 is 15.8 Å². The van der Waals surface area contributed by atoms with Gasteiger partial charge in [-0.2, -0.15) is 0 Å². The summed E-state index contributed by atoms with van der Waals surface area (Å²) in [6, 6.07) is 21.6. The topological polar surface area (TPSA) is 89.1 Å². The van der Waals surface area contributed by atoms with Crippen LogP contribution in [0.1, 0.15) is 15.9 Å². The number of H-pyrrole nitrogens is 1. The van der Waals surface area contributed by atoms with Gasteiger partial charge in [0.25, 0.3) is 0 Å². The average Bonchev–Trinajstić information content (AvgIpc) is 3.30. The Morgan fingerprint density at radius 1 is 0.900 bits per heavy atom. The first kappa shape index (κ1) is 19.6. The molecule has 1 N–H and O–H groups in total. The highest BCUT2D eigenvalue weighted by Gasteiger charge is 2.16. The molecule has 0 radical (unpaired) electrons. The first-order valence-electron chi connectivity index (χ1n) is 9.20. The van der Waals surface area contributed by atoms with Crippen molar-refractivity contribution in [2.45, 2.75) is 10.6 Å². The molecule has 0 amide bonds. The molecule has 1 heterocycles. The zero-order valence-electron chi connectivity index (χ0n) is 15.9. The van der Waals surface area contributed by atoms with E-state index in [-0.39, 0.29) is 10.6 Å². The normalized spacial score (nSPS) is 11.2. The third-order valence-electron chi connectivity index (χ3n) is 4.49. The molecule has 6 nitrogen and oxygen atoms in total. The second kappa shape index (κ2) is 8.34. The monoisotopic (exact) mass is 418 g/mol. The number of esters is 1. The number of carbonyl (C=O) groups excluding carboxylic acids is 1. The lowest BCUT2D eigenvalue weighted by atomic mass is 10.1. The van der Waals surface area contributed by atoms with Gasteiger partial charge in [0, 0.05) is 18.0 Å². The maximum absolute atomic E-state index is 12.5. The van der Waals surface area contributed by atoms with Crippen LogP contribution in [0.5, 0.6) is 5.75 Å². The van der Waals surface area contributed by atoms with E-state index in [1.165, 1.54) is 0 Å². The van der Waals surface area contributed by atoms with Gasteiger partial charge in [0.15, 0.2) is 9.84 Å². The van der Waals surface area contributed by atoms with Gasteiger partial charge in [-0.1, -0.05) is 30.3 Å². The molecule has 0 aliphatic carbocycles. The molecule has 0 aliphatic heterocycles. The summed E-state index contributed by atoms with van der Waals surface area (Å²) in [5, 5.41) is 0. The van der Waals surface area contributed by atoms with Crippen molar-refractivity contribution in [2.24, 2.45) is 0 Å². The maximum atomic E-state index is 12.5. The van der Waals surface area contributed by atoms with Crippen LogP contribution in [0.15, 0.2) is 96.2 Å². The minimum atomic E-state index is -3.44. The van der Waals surface area contributed by atoms with Crippen molar-refractivity contribution in [2.75, 3.05) is 0 Å². The van der Waals surface area contributed by atoms with Gasteiger partial charge in [0.2, 0.25) is 0 Å². The van der Waals surface area contributed by atoms with E-state index in [1.807, 2.05) is 0 Å². The van der Waals surface area contributed by atoms with Crippen LogP contribution in [-0.2, 0) is 15.6 Å². The SMILES string of the molecule is O=C(Oc1ccc(-c2ncc[nH]2)cc1)c1ccc(CS(=O)(=O)c2ccccc2)cc1. The fourth-order valence-electron chi connectivity index (χ4n) is 2.94. The number of imidazole rings is 1. The van der Waals surface area contributed by atoms with Gasteiger partial charge >= 0.3 is 5.97 Å². The number of aromatic amines is 1. The summed E-state index contributed by atoms with van der Waals surface area (Å²) in [5.74, 6) is 0.485. The molecular weight excluding hydrogens is 400 g/mol. The second-order valence-electron chi connectivity index (χ2n) is 6.62. The zero-order chi connectivity index (χ0) is 21.0. The number of aromatic nitrogens is 2. The lowest BCUT2D eigenvalue weighted by molar-refractivity contribution is 0.0735. The van der Waals surface area contributed by atoms with Gasteiger partial charge in [0.05, 0.1) is 16.2 Å². The Balaban J connectivity index is 1.42. The molecular formula is C23H18N2O4S. The average molecular weight is 418 g/mol. The Morgan fingerprint density at radius 3 is 2.23 bits per heavy atom. The minimum absolute atomic E-state index is 0.138. The summed E-state index contributed by atoms with van der Waals surface area (Å²) in [5.41, 5.74) is 1.81. The van der Waals surface area contributed by atoms with E-state index in [4.69, 9.17) is 4.74 Å². The first-order valence-corrected chi connectivity index (χ1v) is 10.9. The number of hydrogen-bond acceptors (Lipinski definition) is 5. The molecule has 0 saturated heterocycles. The lowest BCUT2D eigenvalue weighted by Crippen LogP contribution is -2.09. The minimum Gasteiger partial charge on any atom is -0.423 e. The van der Waals surface area contributed by atoms with Crippen LogP contribution in [0.25, 0.3) is 11.4 Å². The van der Waals surface area contributed by atoms with Gasteiger partial charge in [0.1, 0.15) is 11.6 Å². The van der Waals surface area contributed by atoms with E-state index in [0.717, 1.165) is 11.4 Å². The summed E-state index contributed by atoms with van der Waals surface area (Å²) in [7, 11) is -3.44. The summed E-state index contributed by atoms with van der Waals surface area (Å²) in [6.07, 6.45) is 3.40. The molecule has 150 valence electrons. The molecule has 0 fully saturated rings. The molecule has 3 aromatic carbocycles. The molecule has 4 rings (SSSR count). The van der Waals surface area contributed by atoms with Crippen molar-refractivity contribution in [1.29, 1.82) is 0 Å². The fraction of sp³-hybridized carbons (Fsp3) is 0.0435. The summed E-state index contributed by atoms with van der Waals surface area (Å²) >= 11 is 0. The predicted octanol–water partition coefficient (Wildman–Crippen LogP) is 4.27. The second-order valence-corrected chi connectivity index (χ2v) is 8.61. The number of carbonyl (C=O) groups is 1. The Bertz CT molecular complexity index is 1230. The van der Waals surface area contributed by atoms with Crippen LogP contribution >= 0.6 is 0 Å². The van der Waals surface area contributed by atoms with Gasteiger partial charge < -0.3 is 9.72 Å². The molecule has 1 aromatic heterocycles. The summed E-state index contributed by atoms with van der Waals surface area (Å²) < 4.78 is 30.3. The molecule has 0 spiro atoms. The molecule has 30 heavy (non-hydrogen) atoms. The van der Waals surface area contributed by atoms with Crippen LogP contribution in [0.3, 0.4) is 0 Å². The Hall–Kier alpha value is -3.71. The van der Waals surface area contributed by atoms with Gasteiger partial charge in [-0.3, -0.25) is 0 Å². The highest BCUT2D eigenvalue weighted by molar-refractivity contribution is 7.90. The quantitative estimate of drug-likeness (QED) is 0.373. The van der Waals surface area contributed by atoms with E-state index >= 15 is 0 Å². The predicted molar refractivity (Wildman–Crippen MR) is 113 cm³/mol. The number of sulfone groups is 1. The highest BCUT2D eigenvalue weighted by Crippen LogP contribution is 2.21. The van der Waals surface area contributed by atoms with Crippen molar-refractivity contribution in [1.82, 2.24) is 9.97 Å². The number of ether oxygens (including phenoxy) is 1. The standard InChI is InChI=1S/C23H18N2O4S/c26-23(29-20-12-10-18(11-13-20)22-24-14-15-25-22)19-8-6-17(7-9-19)16-30(27,28)21-4-2-1-3-5-21/h1-15H,16H2,(H,24,25). The van der Waals surface area contributed by atoms with Crippen LogP contribution in [0.4, 0.5) is 0 Å². The Kier molecular flexibility index (Phi) is 5.45. The maximum Gasteiger partial charge on any atom is 0.343 e. The third kappa shape index (κ3) is 4.47. The van der Waals surface area contributed by atoms with Crippen molar-refractivity contribution < 1.29 is 17.9 Å². The number of hydrogen-bond donors (Lipinski definition) is 1. The van der Waals surface area contributed by atoms with Gasteiger partial charge in [-0.25, -0.2) is 18.2 Å². The van der Waals surface area contributed by atoms with Crippen molar-refractivity contribution in [3.8, 4) is 17.1 Å². The third-order valence-corrected chi connectivity index (χ3v) is 6.19. The number of nitrogens with one attached hydrogen (secondary N) is 1. The zero-order valence-corrected chi connectivity index (χ0v) is 16.7. The Labute approximate surface area is 174 Å². The smallest absolute Gasteiger partial charge is 0.343 e. The molecule has 0 unspecified atom stereocenters. The van der Waals surface area contributed by atoms with Crippen LogP contribution < -0.4 is 4.74 Å². The van der Waals surface area contributed by atoms with Crippen molar-refractivity contribution in [3.63, 3.8) is 0 Å². The van der Waals surface area contributed by atoms with E-state index in [2.05, 4.69) is 9.97 Å². The fourth-order valence-corrected chi connectivity index (χ4v) is 4.31. The first-order chi connectivity index (χ1) is 14.5. The number of benzene rings is 3. The molecule has 0 bridgehead atoms. The summed E-state index contributed by atoms with van der Waals surface area (Å²) in [4.78, 5) is 19.8. The molecule has 4 aromatic rings. The van der Waals surface area contributed by atoms with Crippen LogP contribution in [0.2, 0.25) is 0 Å². The van der Waals surface area contributed by atoms with E-state index in [9.17, 15) is 13.2 Å². The van der Waals surface area contributed by atoms with E-state index < -0.39 is 15.8 Å². The van der Waals surface area contributed by atoms with Crippen molar-refractivity contribution in [3.05, 3.63) is 102 Å².